The predicted molar refractivity (Wildman–Crippen MR) is 147 cm³/mol. The van der Waals surface area contributed by atoms with Crippen molar-refractivity contribution in [2.24, 2.45) is 17.6 Å². The molecule has 17 heteroatoms. The SMILES string of the molecule is C[C@@H](NCOCCn1cnnn1)[C@H]1C(=O)N2C(C(=O)O)=C(S[C@@H]3CN[C@H](C(=O)N4CCN(C(=N)N)CC4)C3)[C@H](C)[C@H]12. The average Bonchev–Trinajstić information content (AvgIpc) is 3.69. The summed E-state index contributed by atoms with van der Waals surface area (Å²) in [5.74, 6) is -1.80. The number of thioether (sulfide) groups is 1. The molecule has 5 rings (SSSR count). The maximum Gasteiger partial charge on any atom is 0.353 e. The number of piperazine rings is 1. The lowest BCUT2D eigenvalue weighted by molar-refractivity contribution is -0.158. The number of ether oxygens (including phenoxy) is 1. The summed E-state index contributed by atoms with van der Waals surface area (Å²) in [6.45, 7) is 7.68. The number of hydrogen-bond acceptors (Lipinski definition) is 11. The van der Waals surface area contributed by atoms with Gasteiger partial charge in [-0.05, 0) is 23.8 Å². The molecule has 0 saturated carbocycles. The first kappa shape index (κ1) is 29.2. The molecule has 3 fully saturated rings. The molecule has 5 heterocycles. The Morgan fingerprint density at radius 3 is 2.71 bits per heavy atom. The molecule has 6 N–H and O–H groups in total. The Bertz CT molecular complexity index is 1190. The highest BCUT2D eigenvalue weighted by Crippen LogP contribution is 2.51. The molecule has 0 radical (unpaired) electrons. The number of β-lactam (4-membered cyclic amide) rings is 1. The lowest BCUT2D eigenvalue weighted by Gasteiger charge is -2.47. The van der Waals surface area contributed by atoms with Crippen LogP contribution in [0, 0.1) is 17.2 Å². The van der Waals surface area contributed by atoms with Gasteiger partial charge in [0.2, 0.25) is 11.8 Å². The maximum atomic E-state index is 13.2. The van der Waals surface area contributed by atoms with Crippen LogP contribution in [0.1, 0.15) is 20.3 Å². The van der Waals surface area contributed by atoms with Crippen molar-refractivity contribution in [2.75, 3.05) is 46.1 Å². The third-order valence-electron chi connectivity index (χ3n) is 8.31. The van der Waals surface area contributed by atoms with Gasteiger partial charge in [0.05, 0.1) is 37.9 Å². The fourth-order valence-electron chi connectivity index (χ4n) is 6.08. The molecule has 2 amide bonds. The number of carboxylic acid groups (broad SMARTS) is 1. The molecule has 1 aromatic rings. The number of aliphatic carboxylic acids is 1. The van der Waals surface area contributed by atoms with Crippen molar-refractivity contribution < 1.29 is 24.2 Å². The smallest absolute Gasteiger partial charge is 0.353 e. The van der Waals surface area contributed by atoms with Crippen LogP contribution in [0.3, 0.4) is 0 Å². The van der Waals surface area contributed by atoms with Crippen LogP contribution in [0.4, 0.5) is 0 Å². The fraction of sp³-hybridized carbons (Fsp3) is 0.708. The van der Waals surface area contributed by atoms with E-state index in [1.165, 1.54) is 23.0 Å². The number of aromatic nitrogens is 4. The lowest BCUT2D eigenvalue weighted by Crippen LogP contribution is -2.65. The number of nitrogens with zero attached hydrogens (tertiary/aromatic N) is 7. The third kappa shape index (κ3) is 5.89. The van der Waals surface area contributed by atoms with E-state index in [0.717, 1.165) is 0 Å². The van der Waals surface area contributed by atoms with Crippen LogP contribution in [0.15, 0.2) is 16.9 Å². The summed E-state index contributed by atoms with van der Waals surface area (Å²) in [7, 11) is 0. The Hall–Kier alpha value is -3.28. The van der Waals surface area contributed by atoms with Crippen LogP contribution in [-0.4, -0.2) is 133 Å². The molecule has 0 aromatic carbocycles. The van der Waals surface area contributed by atoms with Gasteiger partial charge in [-0.2, -0.15) is 0 Å². The Morgan fingerprint density at radius 2 is 2.05 bits per heavy atom. The number of rotatable bonds is 11. The molecular weight excluding hydrogens is 554 g/mol. The number of hydrogen-bond donors (Lipinski definition) is 5. The second-order valence-corrected chi connectivity index (χ2v) is 12.1. The van der Waals surface area contributed by atoms with Gasteiger partial charge in [-0.25, -0.2) is 9.48 Å². The standard InChI is InChI=1S/C24H37N11O5S/c1-13-18-17(14(2)28-12-40-8-7-34-11-29-30-31-34)22(37)35(18)19(23(38)39)20(13)41-15-9-16(27-10-15)21(36)32-3-5-33(6-4-32)24(25)26/h11,13-18,27-28H,3-10,12H2,1-2H3,(H3,25,26)(H,38,39)/t13-,14-,15+,16+,17-,18-/m1/s1. The number of nitrogens with one attached hydrogen (secondary N) is 3. The summed E-state index contributed by atoms with van der Waals surface area (Å²) in [5.41, 5.74) is 5.62. The first-order valence-corrected chi connectivity index (χ1v) is 14.7. The predicted octanol–water partition coefficient (Wildman–Crippen LogP) is -2.10. The van der Waals surface area contributed by atoms with Crippen molar-refractivity contribution in [1.82, 2.24) is 45.5 Å². The number of nitrogens with two attached hydrogens (primary N) is 1. The van der Waals surface area contributed by atoms with Gasteiger partial charge in [-0.3, -0.25) is 20.3 Å². The Balaban J connectivity index is 1.14. The van der Waals surface area contributed by atoms with Gasteiger partial charge >= 0.3 is 5.97 Å². The van der Waals surface area contributed by atoms with E-state index in [4.69, 9.17) is 15.9 Å². The lowest BCUT2D eigenvalue weighted by atomic mass is 9.78. The molecular formula is C24H37N11O5S. The van der Waals surface area contributed by atoms with E-state index in [1.807, 2.05) is 13.8 Å². The zero-order chi connectivity index (χ0) is 29.3. The van der Waals surface area contributed by atoms with Crippen molar-refractivity contribution in [1.29, 1.82) is 5.41 Å². The van der Waals surface area contributed by atoms with Gasteiger partial charge in [-0.15, -0.1) is 16.9 Å². The van der Waals surface area contributed by atoms with Crippen LogP contribution in [0.2, 0.25) is 0 Å². The Kier molecular flexibility index (Phi) is 8.77. The second kappa shape index (κ2) is 12.3. The van der Waals surface area contributed by atoms with E-state index >= 15 is 0 Å². The molecule has 0 spiro atoms. The van der Waals surface area contributed by atoms with E-state index in [1.54, 1.807) is 14.5 Å². The average molecular weight is 592 g/mol. The van der Waals surface area contributed by atoms with Crippen LogP contribution in [0.25, 0.3) is 0 Å². The molecule has 41 heavy (non-hydrogen) atoms. The van der Waals surface area contributed by atoms with Gasteiger partial charge in [0, 0.05) is 54.8 Å². The van der Waals surface area contributed by atoms with E-state index in [9.17, 15) is 19.5 Å². The first-order chi connectivity index (χ1) is 19.7. The summed E-state index contributed by atoms with van der Waals surface area (Å²) < 4.78 is 7.17. The molecule has 1 aromatic heterocycles. The molecule has 0 bridgehead atoms. The van der Waals surface area contributed by atoms with Gasteiger partial charge in [0.25, 0.3) is 0 Å². The topological polar surface area (TPSA) is 208 Å². The largest absolute Gasteiger partial charge is 0.477 e. The van der Waals surface area contributed by atoms with Crippen molar-refractivity contribution in [2.45, 2.75) is 50.2 Å². The summed E-state index contributed by atoms with van der Waals surface area (Å²) >= 11 is 1.47. The summed E-state index contributed by atoms with van der Waals surface area (Å²) in [6.07, 6.45) is 2.07. The van der Waals surface area contributed by atoms with E-state index in [2.05, 4.69) is 26.2 Å². The highest BCUT2D eigenvalue weighted by atomic mass is 32.2. The molecule has 4 aliphatic rings. The van der Waals surface area contributed by atoms with Crippen molar-refractivity contribution in [3.63, 3.8) is 0 Å². The second-order valence-electron chi connectivity index (χ2n) is 10.8. The van der Waals surface area contributed by atoms with Crippen LogP contribution in [-0.2, 0) is 25.7 Å². The minimum absolute atomic E-state index is 0.00523. The number of amides is 2. The number of tetrazole rings is 1. The molecule has 6 atom stereocenters. The number of fused-ring (bicyclic) bond motifs is 1. The van der Waals surface area contributed by atoms with Crippen LogP contribution < -0.4 is 16.4 Å². The van der Waals surface area contributed by atoms with Gasteiger partial charge in [0.15, 0.2) is 5.96 Å². The molecule has 224 valence electrons. The minimum atomic E-state index is -1.11. The Morgan fingerprint density at radius 1 is 1.32 bits per heavy atom. The maximum absolute atomic E-state index is 13.2. The molecule has 0 unspecified atom stereocenters. The highest BCUT2D eigenvalue weighted by Gasteiger charge is 2.60. The van der Waals surface area contributed by atoms with E-state index in [0.29, 0.717) is 57.2 Å². The summed E-state index contributed by atoms with van der Waals surface area (Å²) in [4.78, 5) is 44.3. The molecule has 0 aliphatic carbocycles. The quantitative estimate of drug-likeness (QED) is 0.0615. The fourth-order valence-corrected chi connectivity index (χ4v) is 7.55. The number of carbonyl (C=O) groups is 3. The monoisotopic (exact) mass is 591 g/mol. The number of carbonyl (C=O) groups excluding carboxylic acids is 2. The van der Waals surface area contributed by atoms with Crippen LogP contribution in [0.5, 0.6) is 0 Å². The summed E-state index contributed by atoms with van der Waals surface area (Å²) in [6, 6.07) is -0.806. The highest BCUT2D eigenvalue weighted by molar-refractivity contribution is 8.03. The van der Waals surface area contributed by atoms with Gasteiger partial charge in [-0.1, -0.05) is 6.92 Å². The van der Waals surface area contributed by atoms with Crippen molar-refractivity contribution in [3.05, 3.63) is 16.9 Å². The molecule has 4 aliphatic heterocycles. The Labute approximate surface area is 241 Å². The van der Waals surface area contributed by atoms with Crippen LogP contribution >= 0.6 is 11.8 Å². The van der Waals surface area contributed by atoms with Crippen molar-refractivity contribution >= 4 is 35.5 Å². The number of carboxylic acids is 1. The number of guanidine groups is 1. The van der Waals surface area contributed by atoms with Gasteiger partial charge < -0.3 is 35.6 Å². The van der Waals surface area contributed by atoms with Gasteiger partial charge in [0.1, 0.15) is 12.0 Å². The molecule has 3 saturated heterocycles. The minimum Gasteiger partial charge on any atom is -0.477 e. The van der Waals surface area contributed by atoms with Crippen molar-refractivity contribution in [3.8, 4) is 0 Å². The van der Waals surface area contributed by atoms with E-state index < -0.39 is 5.97 Å². The zero-order valence-electron chi connectivity index (χ0n) is 23.1. The normalized spacial score (nSPS) is 28.6. The zero-order valence-corrected chi connectivity index (χ0v) is 23.9. The summed E-state index contributed by atoms with van der Waals surface area (Å²) in [5, 5.41) is 35.1. The first-order valence-electron chi connectivity index (χ1n) is 13.8. The molecule has 16 nitrogen and oxygen atoms in total. The third-order valence-corrected chi connectivity index (χ3v) is 9.82. The van der Waals surface area contributed by atoms with E-state index in [-0.39, 0.29) is 65.4 Å².